The van der Waals surface area contributed by atoms with Gasteiger partial charge in [0.1, 0.15) is 5.76 Å². The van der Waals surface area contributed by atoms with Gasteiger partial charge in [0.25, 0.3) is 0 Å². The third-order valence-electron chi connectivity index (χ3n) is 4.34. The molecule has 1 saturated carbocycles. The van der Waals surface area contributed by atoms with Gasteiger partial charge < -0.3 is 15.1 Å². The molecule has 1 aromatic heterocycles. The number of hydrogen-bond acceptors (Lipinski definition) is 3. The van der Waals surface area contributed by atoms with Gasteiger partial charge in [-0.3, -0.25) is 0 Å². The number of benzene rings is 1. The number of nitrogens with one attached hydrogen (secondary N) is 2. The van der Waals surface area contributed by atoms with E-state index < -0.39 is 0 Å². The lowest BCUT2D eigenvalue weighted by molar-refractivity contribution is 0.244. The second kappa shape index (κ2) is 6.86. The molecule has 5 heteroatoms. The standard InChI is InChI=1S/C18H23N3O2/c1-12-13(2)23-17(19-12)14-7-6-10-16(11-14)21-18(22)20-15-8-4-3-5-9-15/h6-7,10-11,15H,3-5,8-9H2,1-2H3,(H2,20,21,22). The molecule has 0 aliphatic heterocycles. The lowest BCUT2D eigenvalue weighted by Crippen LogP contribution is -2.39. The smallest absolute Gasteiger partial charge is 0.319 e. The van der Waals surface area contributed by atoms with Gasteiger partial charge in [-0.1, -0.05) is 25.3 Å². The summed E-state index contributed by atoms with van der Waals surface area (Å²) in [6.45, 7) is 3.81. The van der Waals surface area contributed by atoms with Crippen molar-refractivity contribution in [2.45, 2.75) is 52.0 Å². The number of anilines is 1. The SMILES string of the molecule is Cc1nc(-c2cccc(NC(=O)NC3CCCCC3)c2)oc1C. The fraction of sp³-hybridized carbons (Fsp3) is 0.444. The van der Waals surface area contributed by atoms with Crippen LogP contribution in [0.3, 0.4) is 0 Å². The Morgan fingerprint density at radius 1 is 1.22 bits per heavy atom. The van der Waals surface area contributed by atoms with Gasteiger partial charge in [0, 0.05) is 17.3 Å². The van der Waals surface area contributed by atoms with E-state index in [9.17, 15) is 4.79 Å². The maximum Gasteiger partial charge on any atom is 0.319 e. The summed E-state index contributed by atoms with van der Waals surface area (Å²) in [7, 11) is 0. The largest absolute Gasteiger partial charge is 0.441 e. The first-order valence-corrected chi connectivity index (χ1v) is 8.24. The molecular weight excluding hydrogens is 290 g/mol. The molecule has 5 nitrogen and oxygen atoms in total. The number of aromatic nitrogens is 1. The number of hydrogen-bond donors (Lipinski definition) is 2. The molecule has 0 radical (unpaired) electrons. The Morgan fingerprint density at radius 2 is 2.00 bits per heavy atom. The van der Waals surface area contributed by atoms with Crippen LogP contribution in [0.1, 0.15) is 43.6 Å². The Balaban J connectivity index is 1.66. The van der Waals surface area contributed by atoms with E-state index in [1.807, 2.05) is 38.1 Å². The van der Waals surface area contributed by atoms with Gasteiger partial charge in [-0.15, -0.1) is 0 Å². The third-order valence-corrected chi connectivity index (χ3v) is 4.34. The van der Waals surface area contributed by atoms with Crippen LogP contribution in [-0.4, -0.2) is 17.1 Å². The van der Waals surface area contributed by atoms with E-state index >= 15 is 0 Å². The van der Waals surface area contributed by atoms with Crippen LogP contribution < -0.4 is 10.6 Å². The number of rotatable bonds is 3. The van der Waals surface area contributed by atoms with Gasteiger partial charge in [-0.05, 0) is 44.9 Å². The van der Waals surface area contributed by atoms with Crippen molar-refractivity contribution in [2.24, 2.45) is 0 Å². The molecule has 0 atom stereocenters. The van der Waals surface area contributed by atoms with Crippen LogP contribution in [0.5, 0.6) is 0 Å². The van der Waals surface area contributed by atoms with Gasteiger partial charge in [0.15, 0.2) is 0 Å². The van der Waals surface area contributed by atoms with E-state index in [-0.39, 0.29) is 6.03 Å². The second-order valence-corrected chi connectivity index (χ2v) is 6.17. The normalized spacial score (nSPS) is 15.4. The number of carbonyl (C=O) groups excluding carboxylic acids is 1. The maximum absolute atomic E-state index is 12.1. The van der Waals surface area contributed by atoms with E-state index in [0.717, 1.165) is 35.5 Å². The predicted molar refractivity (Wildman–Crippen MR) is 90.4 cm³/mol. The molecular formula is C18H23N3O2. The van der Waals surface area contributed by atoms with Crippen LogP contribution >= 0.6 is 0 Å². The van der Waals surface area contributed by atoms with Crippen LogP contribution in [0.15, 0.2) is 28.7 Å². The van der Waals surface area contributed by atoms with Crippen LogP contribution in [0.2, 0.25) is 0 Å². The molecule has 23 heavy (non-hydrogen) atoms. The summed E-state index contributed by atoms with van der Waals surface area (Å²) in [5.41, 5.74) is 2.48. The Hall–Kier alpha value is -2.30. The van der Waals surface area contributed by atoms with E-state index in [1.165, 1.54) is 19.3 Å². The second-order valence-electron chi connectivity index (χ2n) is 6.17. The van der Waals surface area contributed by atoms with Gasteiger partial charge in [0.2, 0.25) is 5.89 Å². The molecule has 2 N–H and O–H groups in total. The first-order valence-electron chi connectivity index (χ1n) is 8.24. The Kier molecular flexibility index (Phi) is 4.65. The number of amides is 2. The van der Waals surface area contributed by atoms with E-state index in [1.54, 1.807) is 0 Å². The van der Waals surface area contributed by atoms with Crippen molar-refractivity contribution in [3.8, 4) is 11.5 Å². The van der Waals surface area contributed by atoms with Crippen molar-refractivity contribution < 1.29 is 9.21 Å². The summed E-state index contributed by atoms with van der Waals surface area (Å²) >= 11 is 0. The Morgan fingerprint density at radius 3 is 2.70 bits per heavy atom. The zero-order chi connectivity index (χ0) is 16.2. The molecule has 1 aromatic carbocycles. The fourth-order valence-corrected chi connectivity index (χ4v) is 2.93. The van der Waals surface area contributed by atoms with Crippen molar-refractivity contribution in [3.05, 3.63) is 35.7 Å². The van der Waals surface area contributed by atoms with Gasteiger partial charge >= 0.3 is 6.03 Å². The number of urea groups is 1. The van der Waals surface area contributed by atoms with E-state index in [2.05, 4.69) is 15.6 Å². The minimum Gasteiger partial charge on any atom is -0.441 e. The lowest BCUT2D eigenvalue weighted by Gasteiger charge is -2.22. The summed E-state index contributed by atoms with van der Waals surface area (Å²) in [6.07, 6.45) is 5.81. The minimum atomic E-state index is -0.145. The molecule has 0 bridgehead atoms. The molecule has 122 valence electrons. The van der Waals surface area contributed by atoms with Crippen molar-refractivity contribution in [2.75, 3.05) is 5.32 Å². The molecule has 0 saturated heterocycles. The highest BCUT2D eigenvalue weighted by Gasteiger charge is 2.16. The zero-order valence-corrected chi connectivity index (χ0v) is 13.7. The maximum atomic E-state index is 12.1. The monoisotopic (exact) mass is 313 g/mol. The highest BCUT2D eigenvalue weighted by Crippen LogP contribution is 2.24. The van der Waals surface area contributed by atoms with Crippen molar-refractivity contribution in [1.29, 1.82) is 0 Å². The molecule has 0 unspecified atom stereocenters. The first-order chi connectivity index (χ1) is 11.1. The Bertz CT molecular complexity index is 668. The highest BCUT2D eigenvalue weighted by atomic mass is 16.4. The topological polar surface area (TPSA) is 67.2 Å². The van der Waals surface area contributed by atoms with Gasteiger partial charge in [-0.25, -0.2) is 9.78 Å². The molecule has 1 fully saturated rings. The molecule has 1 heterocycles. The van der Waals surface area contributed by atoms with Crippen molar-refractivity contribution in [3.63, 3.8) is 0 Å². The first kappa shape index (κ1) is 15.6. The Labute approximate surface area is 136 Å². The fourth-order valence-electron chi connectivity index (χ4n) is 2.93. The average Bonchev–Trinajstić information content (AvgIpc) is 2.88. The molecule has 3 rings (SSSR count). The van der Waals surface area contributed by atoms with Crippen LogP contribution in [0, 0.1) is 13.8 Å². The molecule has 2 amide bonds. The lowest BCUT2D eigenvalue weighted by atomic mass is 9.96. The van der Waals surface area contributed by atoms with Crippen molar-refractivity contribution in [1.82, 2.24) is 10.3 Å². The average molecular weight is 313 g/mol. The number of nitrogens with zero attached hydrogens (tertiary/aromatic N) is 1. The number of aryl methyl sites for hydroxylation is 2. The van der Waals surface area contributed by atoms with Gasteiger partial charge in [-0.2, -0.15) is 0 Å². The van der Waals surface area contributed by atoms with Crippen LogP contribution in [0.25, 0.3) is 11.5 Å². The number of oxazole rings is 1. The summed E-state index contributed by atoms with van der Waals surface area (Å²) < 4.78 is 5.64. The predicted octanol–water partition coefficient (Wildman–Crippen LogP) is 4.41. The number of carbonyl (C=O) groups is 1. The molecule has 1 aliphatic carbocycles. The van der Waals surface area contributed by atoms with Crippen LogP contribution in [-0.2, 0) is 0 Å². The van der Waals surface area contributed by atoms with E-state index in [4.69, 9.17) is 4.42 Å². The third kappa shape index (κ3) is 3.92. The minimum absolute atomic E-state index is 0.145. The molecule has 1 aliphatic rings. The van der Waals surface area contributed by atoms with E-state index in [0.29, 0.717) is 11.9 Å². The van der Waals surface area contributed by atoms with Gasteiger partial charge in [0.05, 0.1) is 5.69 Å². The van der Waals surface area contributed by atoms with Crippen molar-refractivity contribution >= 4 is 11.7 Å². The quantitative estimate of drug-likeness (QED) is 0.882. The highest BCUT2D eigenvalue weighted by molar-refractivity contribution is 5.90. The summed E-state index contributed by atoms with van der Waals surface area (Å²) in [5, 5.41) is 5.95. The summed E-state index contributed by atoms with van der Waals surface area (Å²) in [6, 6.07) is 7.71. The molecule has 0 spiro atoms. The summed E-state index contributed by atoms with van der Waals surface area (Å²) in [4.78, 5) is 16.5. The zero-order valence-electron chi connectivity index (χ0n) is 13.7. The summed E-state index contributed by atoms with van der Waals surface area (Å²) in [5.74, 6) is 1.39. The van der Waals surface area contributed by atoms with Crippen LogP contribution in [0.4, 0.5) is 10.5 Å². The molecule has 2 aromatic rings.